The average Bonchev–Trinajstić information content (AvgIpc) is 3.17. The lowest BCUT2D eigenvalue weighted by atomic mass is 10.00. The van der Waals surface area contributed by atoms with Crippen molar-refractivity contribution in [3.8, 4) is 0 Å². The Kier molecular flexibility index (Phi) is 5.05. The second-order valence-corrected chi connectivity index (χ2v) is 9.49. The molecule has 0 atom stereocenters. The third kappa shape index (κ3) is 3.44. The number of rotatable bonds is 4. The topological polar surface area (TPSA) is 95.6 Å². The number of carbonyl (C=O) groups excluding carboxylic acids is 2. The van der Waals surface area contributed by atoms with E-state index in [1.165, 1.54) is 49.5 Å². The summed E-state index contributed by atoms with van der Waals surface area (Å²) in [5.41, 5.74) is 7.84. The molecule has 0 radical (unpaired) electrons. The maximum absolute atomic E-state index is 12.7. The van der Waals surface area contributed by atoms with Crippen molar-refractivity contribution in [2.24, 2.45) is 0 Å². The highest BCUT2D eigenvalue weighted by molar-refractivity contribution is 7.89. The van der Waals surface area contributed by atoms with Gasteiger partial charge in [-0.15, -0.1) is 0 Å². The minimum absolute atomic E-state index is 0.000944. The molecule has 1 aliphatic carbocycles. The summed E-state index contributed by atoms with van der Waals surface area (Å²) in [6.07, 6.45) is 1.92. The fourth-order valence-corrected chi connectivity index (χ4v) is 4.65. The molecule has 3 aromatic rings. The molecule has 0 aromatic heterocycles. The van der Waals surface area contributed by atoms with Gasteiger partial charge in [-0.2, -0.15) is 0 Å². The van der Waals surface area contributed by atoms with E-state index in [0.29, 0.717) is 5.56 Å². The smallest absolute Gasteiger partial charge is 0.267 e. The molecular weight excluding hydrogens is 402 g/mol. The zero-order valence-corrected chi connectivity index (χ0v) is 17.4. The number of aryl methyl sites for hydroxylation is 2. The van der Waals surface area contributed by atoms with Crippen molar-refractivity contribution >= 4 is 32.6 Å². The predicted molar refractivity (Wildman–Crippen MR) is 114 cm³/mol. The molecular formula is C22H21N3O4S. The van der Waals surface area contributed by atoms with Gasteiger partial charge in [0, 0.05) is 25.2 Å². The molecule has 2 amide bonds. The third-order valence-electron chi connectivity index (χ3n) is 5.29. The molecule has 8 heteroatoms. The molecule has 3 aromatic carbocycles. The van der Waals surface area contributed by atoms with Crippen LogP contribution in [-0.4, -0.2) is 38.6 Å². The van der Waals surface area contributed by atoms with Crippen molar-refractivity contribution in [3.63, 3.8) is 0 Å². The summed E-state index contributed by atoms with van der Waals surface area (Å²) in [6.45, 7) is 0. The van der Waals surface area contributed by atoms with Gasteiger partial charge in [-0.1, -0.05) is 30.3 Å². The van der Waals surface area contributed by atoms with Crippen LogP contribution in [0.5, 0.6) is 0 Å². The lowest BCUT2D eigenvalue weighted by molar-refractivity contribution is 0.0847. The quantitative estimate of drug-likeness (QED) is 0.630. The summed E-state index contributed by atoms with van der Waals surface area (Å²) in [4.78, 5) is 25.2. The van der Waals surface area contributed by atoms with Crippen molar-refractivity contribution in [2.75, 3.05) is 14.1 Å². The van der Waals surface area contributed by atoms with E-state index in [2.05, 4.69) is 16.9 Å². The van der Waals surface area contributed by atoms with Crippen LogP contribution in [-0.2, 0) is 22.9 Å². The number of nitrogens with zero attached hydrogens (tertiary/aromatic N) is 1. The van der Waals surface area contributed by atoms with Crippen LogP contribution in [0.15, 0.2) is 59.5 Å². The Balaban J connectivity index is 1.53. The molecule has 7 nitrogen and oxygen atoms in total. The van der Waals surface area contributed by atoms with Gasteiger partial charge in [0.2, 0.25) is 10.0 Å². The number of hydrazine groups is 1. The number of amides is 2. The van der Waals surface area contributed by atoms with Gasteiger partial charge < -0.3 is 0 Å². The molecule has 0 heterocycles. The van der Waals surface area contributed by atoms with Crippen LogP contribution in [0.1, 0.15) is 31.8 Å². The van der Waals surface area contributed by atoms with Crippen LogP contribution in [0.3, 0.4) is 0 Å². The van der Waals surface area contributed by atoms with E-state index in [1.807, 2.05) is 18.2 Å². The van der Waals surface area contributed by atoms with Gasteiger partial charge in [-0.25, -0.2) is 12.7 Å². The normalized spacial score (nSPS) is 12.9. The van der Waals surface area contributed by atoms with Gasteiger partial charge in [-0.05, 0) is 59.0 Å². The van der Waals surface area contributed by atoms with E-state index in [1.54, 1.807) is 6.07 Å². The first kappa shape index (κ1) is 20.1. The van der Waals surface area contributed by atoms with Gasteiger partial charge in [0.05, 0.1) is 4.90 Å². The number of benzene rings is 3. The van der Waals surface area contributed by atoms with Crippen molar-refractivity contribution in [3.05, 3.63) is 76.9 Å². The van der Waals surface area contributed by atoms with Gasteiger partial charge in [0.25, 0.3) is 11.8 Å². The Hall–Kier alpha value is -3.23. The van der Waals surface area contributed by atoms with E-state index < -0.39 is 21.8 Å². The zero-order chi connectivity index (χ0) is 21.5. The van der Waals surface area contributed by atoms with Crippen molar-refractivity contribution in [2.45, 2.75) is 17.7 Å². The van der Waals surface area contributed by atoms with E-state index in [0.717, 1.165) is 27.9 Å². The summed E-state index contributed by atoms with van der Waals surface area (Å²) in [5.74, 6) is -1.04. The average molecular weight is 423 g/mol. The summed E-state index contributed by atoms with van der Waals surface area (Å²) in [6, 6.07) is 15.3. The lowest BCUT2D eigenvalue weighted by Crippen LogP contribution is -2.41. The third-order valence-corrected chi connectivity index (χ3v) is 7.10. The summed E-state index contributed by atoms with van der Waals surface area (Å²) >= 11 is 0. The van der Waals surface area contributed by atoms with Crippen molar-refractivity contribution in [1.82, 2.24) is 15.2 Å². The molecule has 30 heavy (non-hydrogen) atoms. The molecule has 0 saturated carbocycles. The minimum atomic E-state index is -3.67. The number of hydrogen-bond acceptors (Lipinski definition) is 4. The van der Waals surface area contributed by atoms with Crippen molar-refractivity contribution in [1.29, 1.82) is 0 Å². The molecule has 0 unspecified atom stereocenters. The predicted octanol–water partition coefficient (Wildman–Crippen LogP) is 2.26. The molecule has 0 fully saturated rings. The summed E-state index contributed by atoms with van der Waals surface area (Å²) in [7, 11) is -0.834. The monoisotopic (exact) mass is 423 g/mol. The molecule has 2 N–H and O–H groups in total. The summed E-state index contributed by atoms with van der Waals surface area (Å²) in [5, 5.41) is 1.96. The Morgan fingerprint density at radius 2 is 1.53 bits per heavy atom. The second-order valence-electron chi connectivity index (χ2n) is 7.34. The van der Waals surface area contributed by atoms with Crippen molar-refractivity contribution < 1.29 is 18.0 Å². The van der Waals surface area contributed by atoms with Crippen LogP contribution >= 0.6 is 0 Å². The fraction of sp³-hybridized carbons (Fsp3) is 0.182. The fourth-order valence-electron chi connectivity index (χ4n) is 3.71. The largest absolute Gasteiger partial charge is 0.270 e. The van der Waals surface area contributed by atoms with Gasteiger partial charge in [0.1, 0.15) is 0 Å². The molecule has 1 aliphatic rings. The van der Waals surface area contributed by atoms with Crippen LogP contribution in [0.25, 0.3) is 10.8 Å². The maximum atomic E-state index is 12.7. The van der Waals surface area contributed by atoms with Crippen LogP contribution < -0.4 is 10.9 Å². The van der Waals surface area contributed by atoms with E-state index >= 15 is 0 Å². The molecule has 0 bridgehead atoms. The van der Waals surface area contributed by atoms with Gasteiger partial charge in [0.15, 0.2) is 0 Å². The van der Waals surface area contributed by atoms with Crippen LogP contribution in [0, 0.1) is 0 Å². The first-order valence-electron chi connectivity index (χ1n) is 9.46. The molecule has 0 spiro atoms. The van der Waals surface area contributed by atoms with Crippen LogP contribution in [0.4, 0.5) is 0 Å². The molecule has 0 aliphatic heterocycles. The zero-order valence-electron chi connectivity index (χ0n) is 16.6. The first-order valence-corrected chi connectivity index (χ1v) is 10.9. The molecule has 4 rings (SSSR count). The Labute approximate surface area is 174 Å². The highest BCUT2D eigenvalue weighted by Crippen LogP contribution is 2.32. The lowest BCUT2D eigenvalue weighted by Gasteiger charge is -2.13. The Bertz CT molecular complexity index is 1270. The number of carbonyl (C=O) groups is 2. The highest BCUT2D eigenvalue weighted by atomic mass is 32.2. The molecule has 0 saturated heterocycles. The minimum Gasteiger partial charge on any atom is -0.267 e. The van der Waals surface area contributed by atoms with Crippen LogP contribution in [0.2, 0.25) is 0 Å². The number of nitrogens with one attached hydrogen (secondary N) is 2. The Morgan fingerprint density at radius 3 is 2.27 bits per heavy atom. The van der Waals surface area contributed by atoms with E-state index in [4.69, 9.17) is 0 Å². The summed E-state index contributed by atoms with van der Waals surface area (Å²) < 4.78 is 25.6. The Morgan fingerprint density at radius 1 is 0.867 bits per heavy atom. The van der Waals surface area contributed by atoms with Gasteiger partial charge >= 0.3 is 0 Å². The highest BCUT2D eigenvalue weighted by Gasteiger charge is 2.21. The molecule has 154 valence electrons. The number of sulfonamides is 1. The standard InChI is InChI=1S/C22H21N3O4S/c1-25(2)30(28,29)17-7-3-6-16(13-17)21(26)23-24-22(27)19-12-11-15-10-9-14-5-4-8-18(19)20(14)15/h3-8,11-13H,9-10H2,1-2H3,(H,23,26)(H,24,27). The van der Waals surface area contributed by atoms with E-state index in [-0.39, 0.29) is 10.5 Å². The van der Waals surface area contributed by atoms with E-state index in [9.17, 15) is 18.0 Å². The SMILES string of the molecule is CN(C)S(=O)(=O)c1cccc(C(=O)NNC(=O)c2ccc3c4c(cccc24)CC3)c1. The second kappa shape index (κ2) is 7.55. The van der Waals surface area contributed by atoms with Gasteiger partial charge in [-0.3, -0.25) is 20.4 Å². The first-order chi connectivity index (χ1) is 14.3. The maximum Gasteiger partial charge on any atom is 0.270 e. The number of hydrogen-bond donors (Lipinski definition) is 2.